The van der Waals surface area contributed by atoms with E-state index in [0.29, 0.717) is 5.75 Å². The zero-order valence-electron chi connectivity index (χ0n) is 11.7. The fourth-order valence-electron chi connectivity index (χ4n) is 2.19. The number of benzene rings is 1. The molecule has 96 valence electrons. The maximum Gasteiger partial charge on any atom is 0.123 e. The maximum atomic E-state index is 10.6. The van der Waals surface area contributed by atoms with Gasteiger partial charge in [-0.1, -0.05) is 76.3 Å². The van der Waals surface area contributed by atoms with Crippen LogP contribution in [0.3, 0.4) is 0 Å². The maximum absolute atomic E-state index is 10.6. The standard InChI is InChI=1S/C15H23IO/c1-14(2,3)11-8-7-10(9-16)12(13(11)17)15(4,5)6/h7-8,17H,9H2,1-6H3. The summed E-state index contributed by atoms with van der Waals surface area (Å²) in [5.41, 5.74) is 3.33. The summed E-state index contributed by atoms with van der Waals surface area (Å²) in [5, 5.41) is 10.6. The number of hydrogen-bond acceptors (Lipinski definition) is 1. The molecule has 0 spiro atoms. The van der Waals surface area contributed by atoms with Gasteiger partial charge in [0.15, 0.2) is 0 Å². The summed E-state index contributed by atoms with van der Waals surface area (Å²) in [6.45, 7) is 12.9. The van der Waals surface area contributed by atoms with Crippen molar-refractivity contribution in [1.29, 1.82) is 0 Å². The van der Waals surface area contributed by atoms with Crippen LogP contribution >= 0.6 is 22.6 Å². The molecule has 0 aliphatic heterocycles. The van der Waals surface area contributed by atoms with Gasteiger partial charge in [0.25, 0.3) is 0 Å². The summed E-state index contributed by atoms with van der Waals surface area (Å²) in [5.74, 6) is 0.485. The molecule has 0 aliphatic carbocycles. The molecule has 0 atom stereocenters. The number of aromatic hydroxyl groups is 1. The highest BCUT2D eigenvalue weighted by molar-refractivity contribution is 14.1. The van der Waals surface area contributed by atoms with Crippen LogP contribution in [0.2, 0.25) is 0 Å². The molecule has 1 aromatic rings. The van der Waals surface area contributed by atoms with Crippen molar-refractivity contribution in [2.75, 3.05) is 0 Å². The zero-order valence-corrected chi connectivity index (χ0v) is 13.8. The molecule has 1 aromatic carbocycles. The largest absolute Gasteiger partial charge is 0.507 e. The van der Waals surface area contributed by atoms with Crippen LogP contribution in [0.5, 0.6) is 5.75 Å². The number of phenolic OH excluding ortho intramolecular Hbond substituents is 1. The van der Waals surface area contributed by atoms with Crippen molar-refractivity contribution in [3.63, 3.8) is 0 Å². The summed E-state index contributed by atoms with van der Waals surface area (Å²) in [6, 6.07) is 4.23. The van der Waals surface area contributed by atoms with E-state index in [0.717, 1.165) is 15.6 Å². The molecule has 0 unspecified atom stereocenters. The third-order valence-electron chi connectivity index (χ3n) is 2.97. The third-order valence-corrected chi connectivity index (χ3v) is 3.79. The van der Waals surface area contributed by atoms with Crippen molar-refractivity contribution in [2.24, 2.45) is 0 Å². The Morgan fingerprint density at radius 3 is 1.88 bits per heavy atom. The number of hydrogen-bond donors (Lipinski definition) is 1. The van der Waals surface area contributed by atoms with E-state index in [1.807, 2.05) is 0 Å². The number of rotatable bonds is 1. The van der Waals surface area contributed by atoms with E-state index >= 15 is 0 Å². The molecule has 0 amide bonds. The first-order valence-electron chi connectivity index (χ1n) is 6.01. The molecule has 0 heterocycles. The molecule has 0 saturated carbocycles. The minimum absolute atomic E-state index is 0.0200. The van der Waals surface area contributed by atoms with Crippen LogP contribution in [-0.2, 0) is 15.3 Å². The van der Waals surface area contributed by atoms with Crippen LogP contribution in [0.25, 0.3) is 0 Å². The Balaban J connectivity index is 3.55. The van der Waals surface area contributed by atoms with Gasteiger partial charge >= 0.3 is 0 Å². The second-order valence-electron chi connectivity index (χ2n) is 6.63. The van der Waals surface area contributed by atoms with E-state index in [9.17, 15) is 5.11 Å². The highest BCUT2D eigenvalue weighted by Crippen LogP contribution is 2.41. The van der Waals surface area contributed by atoms with Gasteiger partial charge in [0, 0.05) is 9.99 Å². The SMILES string of the molecule is CC(C)(C)c1ccc(CI)c(C(C)(C)C)c1O. The van der Waals surface area contributed by atoms with Gasteiger partial charge in [-0.3, -0.25) is 0 Å². The van der Waals surface area contributed by atoms with Crippen molar-refractivity contribution in [3.05, 3.63) is 28.8 Å². The first kappa shape index (κ1) is 14.8. The first-order valence-corrected chi connectivity index (χ1v) is 7.53. The number of alkyl halides is 1. The predicted octanol–water partition coefficient (Wildman–Crippen LogP) is 4.92. The van der Waals surface area contributed by atoms with Crippen molar-refractivity contribution < 1.29 is 5.11 Å². The van der Waals surface area contributed by atoms with E-state index in [-0.39, 0.29) is 10.8 Å². The lowest BCUT2D eigenvalue weighted by atomic mass is 9.77. The van der Waals surface area contributed by atoms with Crippen molar-refractivity contribution in [3.8, 4) is 5.75 Å². The van der Waals surface area contributed by atoms with Gasteiger partial charge in [-0.15, -0.1) is 0 Å². The minimum Gasteiger partial charge on any atom is -0.507 e. The predicted molar refractivity (Wildman–Crippen MR) is 83.2 cm³/mol. The van der Waals surface area contributed by atoms with Gasteiger partial charge in [-0.25, -0.2) is 0 Å². The Morgan fingerprint density at radius 2 is 1.53 bits per heavy atom. The number of phenols is 1. The number of halogens is 1. The Morgan fingerprint density at radius 1 is 1.00 bits per heavy atom. The highest BCUT2D eigenvalue weighted by atomic mass is 127. The molecule has 1 rings (SSSR count). The van der Waals surface area contributed by atoms with E-state index in [2.05, 4.69) is 76.3 Å². The van der Waals surface area contributed by atoms with Crippen LogP contribution in [0.15, 0.2) is 12.1 Å². The van der Waals surface area contributed by atoms with E-state index in [1.54, 1.807) is 0 Å². The molecule has 0 bridgehead atoms. The molecule has 0 fully saturated rings. The van der Waals surface area contributed by atoms with E-state index in [1.165, 1.54) is 5.56 Å². The second-order valence-corrected chi connectivity index (χ2v) is 7.39. The lowest BCUT2D eigenvalue weighted by molar-refractivity contribution is 0.422. The normalized spacial score (nSPS) is 12.9. The fraction of sp³-hybridized carbons (Fsp3) is 0.600. The van der Waals surface area contributed by atoms with Gasteiger partial charge in [0.2, 0.25) is 0 Å². The van der Waals surface area contributed by atoms with E-state index < -0.39 is 0 Å². The van der Waals surface area contributed by atoms with Crippen LogP contribution in [-0.4, -0.2) is 5.11 Å². The molecule has 0 saturated heterocycles. The van der Waals surface area contributed by atoms with Gasteiger partial charge in [0.1, 0.15) is 5.75 Å². The van der Waals surface area contributed by atoms with Crippen LogP contribution in [0, 0.1) is 0 Å². The Labute approximate surface area is 119 Å². The highest BCUT2D eigenvalue weighted by Gasteiger charge is 2.27. The average Bonchev–Trinajstić information content (AvgIpc) is 2.12. The zero-order chi connectivity index (χ0) is 13.4. The third kappa shape index (κ3) is 3.15. The molecule has 2 heteroatoms. The lowest BCUT2D eigenvalue weighted by Crippen LogP contribution is -2.18. The van der Waals surface area contributed by atoms with Gasteiger partial charge in [-0.05, 0) is 22.0 Å². The Kier molecular flexibility index (Phi) is 4.17. The van der Waals surface area contributed by atoms with Gasteiger partial charge in [-0.2, -0.15) is 0 Å². The molecule has 17 heavy (non-hydrogen) atoms. The van der Waals surface area contributed by atoms with Crippen molar-refractivity contribution in [2.45, 2.75) is 56.8 Å². The topological polar surface area (TPSA) is 20.2 Å². The van der Waals surface area contributed by atoms with Crippen LogP contribution < -0.4 is 0 Å². The lowest BCUT2D eigenvalue weighted by Gasteiger charge is -2.29. The fourth-order valence-corrected chi connectivity index (χ4v) is 2.82. The minimum atomic E-state index is -0.0220. The van der Waals surface area contributed by atoms with Crippen molar-refractivity contribution in [1.82, 2.24) is 0 Å². The Hall–Kier alpha value is -0.250. The summed E-state index contributed by atoms with van der Waals surface area (Å²) >= 11 is 2.36. The molecular formula is C15H23IO. The van der Waals surface area contributed by atoms with Gasteiger partial charge in [0.05, 0.1) is 0 Å². The van der Waals surface area contributed by atoms with E-state index in [4.69, 9.17) is 0 Å². The summed E-state index contributed by atoms with van der Waals surface area (Å²) in [4.78, 5) is 0. The summed E-state index contributed by atoms with van der Waals surface area (Å²) < 4.78 is 0.933. The molecule has 1 nitrogen and oxygen atoms in total. The smallest absolute Gasteiger partial charge is 0.123 e. The molecule has 0 aliphatic rings. The first-order chi connectivity index (χ1) is 7.59. The Bertz CT molecular complexity index is 408. The van der Waals surface area contributed by atoms with Crippen LogP contribution in [0.4, 0.5) is 0 Å². The van der Waals surface area contributed by atoms with Crippen LogP contribution in [0.1, 0.15) is 58.2 Å². The summed E-state index contributed by atoms with van der Waals surface area (Å²) in [7, 11) is 0. The monoisotopic (exact) mass is 346 g/mol. The molecule has 0 radical (unpaired) electrons. The molecular weight excluding hydrogens is 323 g/mol. The van der Waals surface area contributed by atoms with Gasteiger partial charge < -0.3 is 5.11 Å². The van der Waals surface area contributed by atoms with Crippen molar-refractivity contribution >= 4 is 22.6 Å². The molecule has 1 N–H and O–H groups in total. The molecule has 0 aromatic heterocycles. The average molecular weight is 346 g/mol. The summed E-state index contributed by atoms with van der Waals surface area (Å²) in [6.07, 6.45) is 0. The second kappa shape index (κ2) is 4.79. The quantitative estimate of drug-likeness (QED) is 0.565.